The number of rotatable bonds is 2. The van der Waals surface area contributed by atoms with Crippen molar-refractivity contribution in [3.63, 3.8) is 0 Å². The summed E-state index contributed by atoms with van der Waals surface area (Å²) in [5, 5.41) is 0. The first-order chi connectivity index (χ1) is 6.02. The van der Waals surface area contributed by atoms with Gasteiger partial charge in [0.1, 0.15) is 5.82 Å². The summed E-state index contributed by atoms with van der Waals surface area (Å²) in [7, 11) is 0. The molecule has 0 heterocycles. The Balaban J connectivity index is 3.19. The third-order valence-corrected chi connectivity index (χ3v) is 1.77. The van der Waals surface area contributed by atoms with Crippen molar-refractivity contribution >= 4 is 0 Å². The first kappa shape index (κ1) is 10.1. The van der Waals surface area contributed by atoms with E-state index in [1.807, 2.05) is 0 Å². The van der Waals surface area contributed by atoms with Gasteiger partial charge in [-0.05, 0) is 24.6 Å². The Morgan fingerprint density at radius 1 is 1.23 bits per heavy atom. The molecule has 1 nitrogen and oxygen atoms in total. The van der Waals surface area contributed by atoms with Gasteiger partial charge < -0.3 is 5.73 Å². The molecule has 72 valence electrons. The highest BCUT2D eigenvalue weighted by Crippen LogP contribution is 2.26. The highest BCUT2D eigenvalue weighted by molar-refractivity contribution is 5.31. The Morgan fingerprint density at radius 3 is 2.31 bits per heavy atom. The highest BCUT2D eigenvalue weighted by atomic mass is 19.3. The van der Waals surface area contributed by atoms with E-state index >= 15 is 0 Å². The zero-order chi connectivity index (χ0) is 10.0. The molecule has 1 aromatic carbocycles. The van der Waals surface area contributed by atoms with Crippen LogP contribution in [0.15, 0.2) is 18.2 Å². The van der Waals surface area contributed by atoms with Crippen LogP contribution in [0.5, 0.6) is 0 Å². The van der Waals surface area contributed by atoms with E-state index in [-0.39, 0.29) is 11.1 Å². The lowest BCUT2D eigenvalue weighted by Crippen LogP contribution is -2.08. The van der Waals surface area contributed by atoms with Gasteiger partial charge in [-0.25, -0.2) is 13.2 Å². The van der Waals surface area contributed by atoms with Crippen LogP contribution in [-0.2, 0) is 0 Å². The zero-order valence-electron chi connectivity index (χ0n) is 7.10. The molecule has 0 saturated heterocycles. The lowest BCUT2D eigenvalue weighted by atomic mass is 10.0. The Kier molecular flexibility index (Phi) is 2.93. The minimum atomic E-state index is -2.68. The predicted octanol–water partition coefficient (Wildman–Crippen LogP) is 2.78. The molecule has 1 atom stereocenters. The van der Waals surface area contributed by atoms with Gasteiger partial charge in [0.05, 0.1) is 0 Å². The number of hydrogen-bond acceptors (Lipinski definition) is 1. The molecule has 0 spiro atoms. The molecule has 0 radical (unpaired) electrons. The fraction of sp³-hybridized carbons (Fsp3) is 0.333. The molecule has 1 rings (SSSR count). The maximum Gasteiger partial charge on any atom is 0.264 e. The lowest BCUT2D eigenvalue weighted by Gasteiger charge is -2.11. The molecule has 1 aromatic rings. The van der Waals surface area contributed by atoms with E-state index in [2.05, 4.69) is 0 Å². The van der Waals surface area contributed by atoms with Crippen LogP contribution in [0.3, 0.4) is 0 Å². The van der Waals surface area contributed by atoms with Crippen LogP contribution in [0.1, 0.15) is 30.5 Å². The standard InChI is InChI=1S/C9H10F3N/c1-5(13)7-3-2-6(10)4-8(7)9(11)12/h2-5,9H,13H2,1H3/t5-/m1/s1. The molecule has 0 aliphatic heterocycles. The third kappa shape index (κ3) is 2.21. The van der Waals surface area contributed by atoms with Crippen LogP contribution < -0.4 is 5.73 Å². The average molecular weight is 189 g/mol. The van der Waals surface area contributed by atoms with E-state index in [0.717, 1.165) is 12.1 Å². The van der Waals surface area contributed by atoms with Gasteiger partial charge in [0, 0.05) is 11.6 Å². The van der Waals surface area contributed by atoms with Crippen molar-refractivity contribution in [2.24, 2.45) is 5.73 Å². The van der Waals surface area contributed by atoms with Crippen LogP contribution in [-0.4, -0.2) is 0 Å². The summed E-state index contributed by atoms with van der Waals surface area (Å²) in [5.74, 6) is -0.667. The quantitative estimate of drug-likeness (QED) is 0.760. The zero-order valence-corrected chi connectivity index (χ0v) is 7.10. The second kappa shape index (κ2) is 3.79. The Hall–Kier alpha value is -1.03. The van der Waals surface area contributed by atoms with Crippen LogP contribution in [0.4, 0.5) is 13.2 Å². The molecule has 0 aliphatic rings. The van der Waals surface area contributed by atoms with Crippen LogP contribution in [0.25, 0.3) is 0 Å². The second-order valence-corrected chi connectivity index (χ2v) is 2.86. The van der Waals surface area contributed by atoms with Crippen molar-refractivity contribution in [2.75, 3.05) is 0 Å². The van der Waals surface area contributed by atoms with Gasteiger partial charge in [0.15, 0.2) is 0 Å². The summed E-state index contributed by atoms with van der Waals surface area (Å²) >= 11 is 0. The molecular weight excluding hydrogens is 179 g/mol. The fourth-order valence-corrected chi connectivity index (χ4v) is 1.15. The molecule has 0 saturated carbocycles. The summed E-state index contributed by atoms with van der Waals surface area (Å²) in [5.41, 5.74) is 5.41. The normalized spacial score (nSPS) is 13.4. The largest absolute Gasteiger partial charge is 0.324 e. The number of hydrogen-bond donors (Lipinski definition) is 1. The summed E-state index contributed by atoms with van der Waals surface area (Å²) < 4.78 is 37.3. The fourth-order valence-electron chi connectivity index (χ4n) is 1.15. The molecule has 0 aliphatic carbocycles. The van der Waals surface area contributed by atoms with E-state index < -0.39 is 18.3 Å². The summed E-state index contributed by atoms with van der Waals surface area (Å²) in [6, 6.07) is 2.74. The molecular formula is C9H10F3N. The van der Waals surface area contributed by atoms with Crippen molar-refractivity contribution in [3.05, 3.63) is 35.1 Å². The number of benzene rings is 1. The van der Waals surface area contributed by atoms with Crippen molar-refractivity contribution < 1.29 is 13.2 Å². The van der Waals surface area contributed by atoms with Gasteiger partial charge >= 0.3 is 0 Å². The molecule has 4 heteroatoms. The van der Waals surface area contributed by atoms with Gasteiger partial charge in [-0.15, -0.1) is 0 Å². The molecule has 0 amide bonds. The lowest BCUT2D eigenvalue weighted by molar-refractivity contribution is 0.149. The maximum atomic E-state index is 12.6. The van der Waals surface area contributed by atoms with Crippen LogP contribution in [0.2, 0.25) is 0 Å². The van der Waals surface area contributed by atoms with Crippen molar-refractivity contribution in [1.82, 2.24) is 0 Å². The van der Waals surface area contributed by atoms with Gasteiger partial charge in [0.25, 0.3) is 6.43 Å². The maximum absolute atomic E-state index is 12.6. The first-order valence-electron chi connectivity index (χ1n) is 3.85. The number of alkyl halides is 2. The van der Waals surface area contributed by atoms with Crippen molar-refractivity contribution in [2.45, 2.75) is 19.4 Å². The molecule has 13 heavy (non-hydrogen) atoms. The number of nitrogens with two attached hydrogens (primary N) is 1. The topological polar surface area (TPSA) is 26.0 Å². The third-order valence-electron chi connectivity index (χ3n) is 1.77. The van der Waals surface area contributed by atoms with E-state index in [1.54, 1.807) is 6.92 Å². The summed E-state index contributed by atoms with van der Waals surface area (Å²) in [6.07, 6.45) is -2.68. The van der Waals surface area contributed by atoms with E-state index in [4.69, 9.17) is 5.73 Å². The van der Waals surface area contributed by atoms with E-state index in [9.17, 15) is 13.2 Å². The number of halogens is 3. The van der Waals surface area contributed by atoms with E-state index in [0.29, 0.717) is 0 Å². The first-order valence-corrected chi connectivity index (χ1v) is 3.85. The van der Waals surface area contributed by atoms with Gasteiger partial charge in [-0.3, -0.25) is 0 Å². The highest BCUT2D eigenvalue weighted by Gasteiger charge is 2.15. The average Bonchev–Trinajstić information content (AvgIpc) is 2.03. The SMILES string of the molecule is C[C@@H](N)c1ccc(F)cc1C(F)F. The summed E-state index contributed by atoms with van der Waals surface area (Å²) in [4.78, 5) is 0. The molecule has 0 fully saturated rings. The van der Waals surface area contributed by atoms with Crippen molar-refractivity contribution in [3.8, 4) is 0 Å². The second-order valence-electron chi connectivity index (χ2n) is 2.86. The molecule has 2 N–H and O–H groups in total. The Bertz CT molecular complexity index is 297. The minimum Gasteiger partial charge on any atom is -0.324 e. The smallest absolute Gasteiger partial charge is 0.264 e. The van der Waals surface area contributed by atoms with Gasteiger partial charge in [0.2, 0.25) is 0 Å². The minimum absolute atomic E-state index is 0.288. The molecule has 0 aromatic heterocycles. The molecule has 0 bridgehead atoms. The predicted molar refractivity (Wildman–Crippen MR) is 44.0 cm³/mol. The molecule has 0 unspecified atom stereocenters. The summed E-state index contributed by atoms with van der Waals surface area (Å²) in [6.45, 7) is 1.58. The van der Waals surface area contributed by atoms with Gasteiger partial charge in [-0.1, -0.05) is 6.07 Å². The van der Waals surface area contributed by atoms with E-state index in [1.165, 1.54) is 6.07 Å². The van der Waals surface area contributed by atoms with Crippen molar-refractivity contribution in [1.29, 1.82) is 0 Å². The Morgan fingerprint density at radius 2 is 1.85 bits per heavy atom. The van der Waals surface area contributed by atoms with Crippen LogP contribution >= 0.6 is 0 Å². The van der Waals surface area contributed by atoms with Crippen LogP contribution in [0, 0.1) is 5.82 Å². The van der Waals surface area contributed by atoms with Gasteiger partial charge in [-0.2, -0.15) is 0 Å². The Labute approximate surface area is 74.4 Å². The monoisotopic (exact) mass is 189 g/mol.